The molecule has 0 rings (SSSR count). The quantitative estimate of drug-likeness (QED) is 0.456. The largest absolute Gasteiger partial charge is 0.361 e. The van der Waals surface area contributed by atoms with Crippen LogP contribution in [-0.4, -0.2) is 23.5 Å². The zero-order valence-electron chi connectivity index (χ0n) is 7.22. The number of hydrogen-bond acceptors (Lipinski definition) is 1. The summed E-state index contributed by atoms with van der Waals surface area (Å²) in [5, 5.41) is 0. The summed E-state index contributed by atoms with van der Waals surface area (Å²) in [4.78, 5) is 1.95. The van der Waals surface area contributed by atoms with Crippen LogP contribution < -0.4 is 0 Å². The predicted octanol–water partition coefficient (Wildman–Crippen LogP) is 2.19. The van der Waals surface area contributed by atoms with Crippen molar-refractivity contribution in [2.24, 2.45) is 5.92 Å². The normalized spacial score (nSPS) is 13.3. The van der Waals surface area contributed by atoms with Crippen molar-refractivity contribution in [1.29, 1.82) is 0 Å². The highest BCUT2D eigenvalue weighted by Gasteiger charge is 2.07. The van der Waals surface area contributed by atoms with Crippen LogP contribution in [0.15, 0.2) is 0 Å². The second-order valence-electron chi connectivity index (χ2n) is 3.18. The topological polar surface area (TPSA) is 3.24 Å². The molecule has 0 amide bonds. The number of thiocarbonyl (C=S) groups is 1. The molecule has 59 valence electrons. The molecule has 1 nitrogen and oxygen atoms in total. The first-order valence-corrected chi connectivity index (χ1v) is 4.09. The minimum atomic E-state index is 0.525. The molecule has 1 radical (unpaired) electrons. The van der Waals surface area contributed by atoms with E-state index in [9.17, 15) is 0 Å². The van der Waals surface area contributed by atoms with Crippen LogP contribution in [0.1, 0.15) is 27.2 Å². The maximum atomic E-state index is 4.68. The molecular formula is C8H16NS. The van der Waals surface area contributed by atoms with E-state index < -0.39 is 0 Å². The second kappa shape index (κ2) is 4.67. The lowest BCUT2D eigenvalue weighted by Crippen LogP contribution is -2.27. The van der Waals surface area contributed by atoms with Crippen LogP contribution in [0.5, 0.6) is 0 Å². The molecular weight excluding hydrogens is 142 g/mol. The van der Waals surface area contributed by atoms with Crippen molar-refractivity contribution in [2.45, 2.75) is 33.2 Å². The third-order valence-electron chi connectivity index (χ3n) is 1.62. The fourth-order valence-electron chi connectivity index (χ4n) is 0.930. The number of rotatable bonds is 4. The van der Waals surface area contributed by atoms with Crippen LogP contribution in [0, 0.1) is 5.92 Å². The average molecular weight is 158 g/mol. The van der Waals surface area contributed by atoms with Gasteiger partial charge in [-0.05, 0) is 19.3 Å². The van der Waals surface area contributed by atoms with E-state index in [1.807, 2.05) is 11.9 Å². The van der Waals surface area contributed by atoms with Crippen molar-refractivity contribution in [2.75, 3.05) is 7.05 Å². The van der Waals surface area contributed by atoms with Gasteiger partial charge < -0.3 is 4.90 Å². The second-order valence-corrected chi connectivity index (χ2v) is 3.36. The molecule has 0 aromatic carbocycles. The smallest absolute Gasteiger partial charge is 0.136 e. The van der Waals surface area contributed by atoms with Crippen molar-refractivity contribution < 1.29 is 0 Å². The van der Waals surface area contributed by atoms with Gasteiger partial charge >= 0.3 is 0 Å². The van der Waals surface area contributed by atoms with Crippen molar-refractivity contribution in [1.82, 2.24) is 4.90 Å². The SMILES string of the molecule is CC(C)CC(C)N(C)[C]=S. The van der Waals surface area contributed by atoms with Gasteiger partial charge in [-0.1, -0.05) is 26.1 Å². The van der Waals surface area contributed by atoms with Gasteiger partial charge in [-0.15, -0.1) is 0 Å². The van der Waals surface area contributed by atoms with Gasteiger partial charge in [-0.3, -0.25) is 0 Å². The molecule has 0 fully saturated rings. The zero-order valence-corrected chi connectivity index (χ0v) is 8.03. The Morgan fingerprint density at radius 1 is 1.40 bits per heavy atom. The van der Waals surface area contributed by atoms with Gasteiger partial charge in [0.2, 0.25) is 0 Å². The Bertz CT molecular complexity index is 101. The third kappa shape index (κ3) is 3.83. The van der Waals surface area contributed by atoms with E-state index in [-0.39, 0.29) is 0 Å². The summed E-state index contributed by atoms with van der Waals surface area (Å²) in [7, 11) is 1.97. The molecule has 0 saturated carbocycles. The summed E-state index contributed by atoms with van der Waals surface area (Å²) in [5.74, 6) is 0.737. The van der Waals surface area contributed by atoms with E-state index >= 15 is 0 Å². The van der Waals surface area contributed by atoms with E-state index in [0.29, 0.717) is 6.04 Å². The van der Waals surface area contributed by atoms with Gasteiger partial charge in [0.05, 0.1) is 0 Å². The summed E-state index contributed by atoms with van der Waals surface area (Å²) >= 11 is 4.68. The van der Waals surface area contributed by atoms with Crippen LogP contribution in [0.3, 0.4) is 0 Å². The number of hydrogen-bond donors (Lipinski definition) is 0. The lowest BCUT2D eigenvalue weighted by Gasteiger charge is -2.22. The highest BCUT2D eigenvalue weighted by Crippen LogP contribution is 2.07. The van der Waals surface area contributed by atoms with Crippen LogP contribution in [0.25, 0.3) is 0 Å². The first-order chi connectivity index (χ1) is 4.57. The van der Waals surface area contributed by atoms with Crippen molar-refractivity contribution >= 4 is 17.7 Å². The first kappa shape index (κ1) is 9.89. The van der Waals surface area contributed by atoms with Gasteiger partial charge in [0.25, 0.3) is 0 Å². The van der Waals surface area contributed by atoms with E-state index in [1.54, 1.807) is 0 Å². The molecule has 2 heteroatoms. The summed E-state index contributed by atoms with van der Waals surface area (Å²) in [6.45, 7) is 6.60. The van der Waals surface area contributed by atoms with Crippen LogP contribution >= 0.6 is 12.2 Å². The lowest BCUT2D eigenvalue weighted by molar-refractivity contribution is 0.344. The predicted molar refractivity (Wildman–Crippen MR) is 49.3 cm³/mol. The molecule has 1 atom stereocenters. The van der Waals surface area contributed by atoms with E-state index in [4.69, 9.17) is 0 Å². The molecule has 0 saturated heterocycles. The highest BCUT2D eigenvalue weighted by atomic mass is 32.1. The monoisotopic (exact) mass is 158 g/mol. The molecule has 0 spiro atoms. The fourth-order valence-corrected chi connectivity index (χ4v) is 1.11. The molecule has 0 heterocycles. The molecule has 0 aromatic rings. The van der Waals surface area contributed by atoms with Crippen molar-refractivity contribution in [3.63, 3.8) is 0 Å². The first-order valence-electron chi connectivity index (χ1n) is 3.68. The average Bonchev–Trinajstić information content (AvgIpc) is 1.85. The summed E-state index contributed by atoms with van der Waals surface area (Å²) in [6, 6.07) is 0.525. The Hall–Kier alpha value is -0.110. The Labute approximate surface area is 69.4 Å². The standard InChI is InChI=1S/C8H16NS/c1-7(2)5-8(3)9(4)6-10/h7-8H,5H2,1-4H3. The van der Waals surface area contributed by atoms with Crippen LogP contribution in [0.2, 0.25) is 0 Å². The molecule has 0 aromatic heterocycles. The molecule has 0 aliphatic rings. The number of nitrogens with zero attached hydrogens (tertiary/aromatic N) is 1. The fraction of sp³-hybridized carbons (Fsp3) is 0.875. The Kier molecular flexibility index (Phi) is 4.62. The van der Waals surface area contributed by atoms with Crippen LogP contribution in [-0.2, 0) is 0 Å². The minimum Gasteiger partial charge on any atom is -0.361 e. The molecule has 0 bridgehead atoms. The van der Waals surface area contributed by atoms with Gasteiger partial charge in [-0.25, -0.2) is 0 Å². The summed E-state index contributed by atoms with van der Waals surface area (Å²) in [5.41, 5.74) is 2.69. The molecule has 0 aliphatic carbocycles. The Morgan fingerprint density at radius 2 is 1.90 bits per heavy atom. The maximum Gasteiger partial charge on any atom is 0.136 e. The third-order valence-corrected chi connectivity index (χ3v) is 1.91. The maximum absolute atomic E-state index is 4.68. The van der Waals surface area contributed by atoms with E-state index in [0.717, 1.165) is 5.92 Å². The molecule has 10 heavy (non-hydrogen) atoms. The highest BCUT2D eigenvalue weighted by molar-refractivity contribution is 7.78. The molecule has 1 unspecified atom stereocenters. The zero-order chi connectivity index (χ0) is 8.15. The Balaban J connectivity index is 3.60. The summed E-state index contributed by atoms with van der Waals surface area (Å²) in [6.07, 6.45) is 1.18. The van der Waals surface area contributed by atoms with E-state index in [1.165, 1.54) is 6.42 Å². The lowest BCUT2D eigenvalue weighted by atomic mass is 10.1. The molecule has 0 N–H and O–H groups in total. The minimum absolute atomic E-state index is 0.525. The van der Waals surface area contributed by atoms with Gasteiger partial charge in [-0.2, -0.15) is 0 Å². The van der Waals surface area contributed by atoms with Crippen LogP contribution in [0.4, 0.5) is 0 Å². The Morgan fingerprint density at radius 3 is 2.20 bits per heavy atom. The van der Waals surface area contributed by atoms with Gasteiger partial charge in [0.15, 0.2) is 0 Å². The van der Waals surface area contributed by atoms with Gasteiger partial charge in [0.1, 0.15) is 5.49 Å². The van der Waals surface area contributed by atoms with Crippen molar-refractivity contribution in [3.05, 3.63) is 0 Å². The van der Waals surface area contributed by atoms with E-state index in [2.05, 4.69) is 38.5 Å². The summed E-state index contributed by atoms with van der Waals surface area (Å²) < 4.78 is 0. The molecule has 0 aliphatic heterocycles. The van der Waals surface area contributed by atoms with Gasteiger partial charge in [0, 0.05) is 13.1 Å². The van der Waals surface area contributed by atoms with Crippen molar-refractivity contribution in [3.8, 4) is 0 Å².